The molecule has 7 nitrogen and oxygen atoms in total. The van der Waals surface area contributed by atoms with Crippen LogP contribution in [0.5, 0.6) is 6.01 Å². The van der Waals surface area contributed by atoms with Gasteiger partial charge in [0.1, 0.15) is 29.9 Å². The maximum absolute atomic E-state index is 16.4. The molecule has 6 rings (SSSR count). The Morgan fingerprint density at radius 3 is 2.63 bits per heavy atom. The highest BCUT2D eigenvalue weighted by atomic mass is 35.5. The van der Waals surface area contributed by atoms with Crippen LogP contribution in [0.4, 0.5) is 14.6 Å². The number of nitrogens with one attached hydrogen (secondary N) is 1. The van der Waals surface area contributed by atoms with Gasteiger partial charge < -0.3 is 25.0 Å². The summed E-state index contributed by atoms with van der Waals surface area (Å²) in [6, 6.07) is 9.92. The summed E-state index contributed by atoms with van der Waals surface area (Å²) < 4.78 is 37.0. The number of aromatic nitrogens is 2. The molecule has 3 saturated heterocycles. The first-order chi connectivity index (χ1) is 20.7. The zero-order valence-corrected chi connectivity index (χ0v) is 25.4. The maximum atomic E-state index is 16.4. The number of halogens is 3. The van der Waals surface area contributed by atoms with Crippen LogP contribution >= 0.6 is 11.6 Å². The molecule has 4 heterocycles. The molecule has 0 spiro atoms. The van der Waals surface area contributed by atoms with E-state index in [1.165, 1.54) is 6.08 Å². The summed E-state index contributed by atoms with van der Waals surface area (Å²) in [4.78, 5) is 13.3. The molecule has 43 heavy (non-hydrogen) atoms. The lowest BCUT2D eigenvalue weighted by molar-refractivity contribution is 0.144. The van der Waals surface area contributed by atoms with Gasteiger partial charge in [-0.15, -0.1) is 0 Å². The molecule has 2 N–H and O–H groups in total. The smallest absolute Gasteiger partial charge is 0.319 e. The zero-order chi connectivity index (χ0) is 30.1. The van der Waals surface area contributed by atoms with E-state index in [1.54, 1.807) is 19.1 Å². The molecule has 2 bridgehead atoms. The van der Waals surface area contributed by atoms with Crippen molar-refractivity contribution >= 4 is 40.0 Å². The van der Waals surface area contributed by atoms with Gasteiger partial charge in [-0.25, -0.2) is 8.78 Å². The molecule has 0 aliphatic carbocycles. The van der Waals surface area contributed by atoms with Crippen LogP contribution in [-0.4, -0.2) is 77.6 Å². The molecule has 0 amide bonds. The Morgan fingerprint density at radius 2 is 1.91 bits per heavy atom. The number of likely N-dealkylation sites (tertiary alicyclic amines) is 1. The summed E-state index contributed by atoms with van der Waals surface area (Å²) in [7, 11) is 0. The van der Waals surface area contributed by atoms with E-state index in [9.17, 15) is 9.50 Å². The fourth-order valence-corrected chi connectivity index (χ4v) is 6.84. The van der Waals surface area contributed by atoms with Crippen LogP contribution in [-0.2, 0) is 0 Å². The van der Waals surface area contributed by atoms with Crippen LogP contribution in [0.1, 0.15) is 49.3 Å². The van der Waals surface area contributed by atoms with E-state index in [1.807, 2.05) is 31.2 Å². The number of aliphatic hydroxyl groups excluding tert-OH is 1. The number of fused-ring (bicyclic) bond motifs is 3. The number of piperazine rings is 1. The van der Waals surface area contributed by atoms with Gasteiger partial charge in [0, 0.05) is 42.7 Å². The third-order valence-corrected chi connectivity index (χ3v) is 8.96. The Balaban J connectivity index is 1.36. The highest BCUT2D eigenvalue weighted by Gasteiger charge is 2.34. The first-order valence-corrected chi connectivity index (χ1v) is 15.5. The number of aryl methyl sites for hydroxylation is 1. The number of hydrogen-bond donors (Lipinski definition) is 2. The second-order valence-corrected chi connectivity index (χ2v) is 12.4. The summed E-state index contributed by atoms with van der Waals surface area (Å²) in [5, 5.41) is 15.0. The first kappa shape index (κ1) is 29.8. The minimum Gasteiger partial charge on any atom is -0.508 e. The lowest BCUT2D eigenvalue weighted by Gasteiger charge is -2.34. The second kappa shape index (κ2) is 12.8. The number of anilines is 1. The third-order valence-electron chi connectivity index (χ3n) is 8.66. The van der Waals surface area contributed by atoms with Crippen molar-refractivity contribution in [2.75, 3.05) is 44.2 Å². The summed E-state index contributed by atoms with van der Waals surface area (Å²) in [5.74, 6) is -0.136. The standard InChI is InChI=1S/C33H38ClF2N5O2/c1-20-7-3-4-8-22(20)14-26(42)13-21(2)29-28(34)15-27-31(30(29)36)38-33(43-19-23(35)16-40-11-5-6-12-40)39-32(27)41-17-24-9-10-25(18-41)37-24/h3-4,7-8,13-15,23-25,37,42H,5-6,9-12,16-19H2,1-2H3/b21-13+,26-14+. The molecule has 3 aliphatic rings. The van der Waals surface area contributed by atoms with Gasteiger partial charge >= 0.3 is 6.01 Å². The molecule has 3 aromatic rings. The summed E-state index contributed by atoms with van der Waals surface area (Å²) in [6.07, 6.45) is 6.19. The lowest BCUT2D eigenvalue weighted by Crippen LogP contribution is -2.51. The van der Waals surface area contributed by atoms with Gasteiger partial charge in [0.15, 0.2) is 5.82 Å². The number of hydrogen-bond acceptors (Lipinski definition) is 7. The van der Waals surface area contributed by atoms with Gasteiger partial charge in [0.05, 0.1) is 5.02 Å². The Hall–Kier alpha value is -3.27. The molecule has 0 radical (unpaired) electrons. The first-order valence-electron chi connectivity index (χ1n) is 15.1. The van der Waals surface area contributed by atoms with Crippen molar-refractivity contribution in [2.45, 2.75) is 57.8 Å². The monoisotopic (exact) mass is 609 g/mol. The van der Waals surface area contributed by atoms with E-state index >= 15 is 4.39 Å². The fourth-order valence-electron chi connectivity index (χ4n) is 6.50. The zero-order valence-electron chi connectivity index (χ0n) is 24.6. The van der Waals surface area contributed by atoms with E-state index in [0.717, 1.165) is 49.9 Å². The van der Waals surface area contributed by atoms with Crippen molar-refractivity contribution in [3.63, 3.8) is 0 Å². The molecule has 228 valence electrons. The highest BCUT2D eigenvalue weighted by Crippen LogP contribution is 2.38. The molecular formula is C33H38ClF2N5O2. The van der Waals surface area contributed by atoms with Crippen molar-refractivity contribution in [3.05, 3.63) is 69.7 Å². The minimum atomic E-state index is -1.21. The average molecular weight is 610 g/mol. The molecule has 10 heteroatoms. The van der Waals surface area contributed by atoms with Crippen LogP contribution in [0, 0.1) is 12.7 Å². The number of alkyl halides is 1. The van der Waals surface area contributed by atoms with Crippen molar-refractivity contribution in [1.29, 1.82) is 0 Å². The molecular weight excluding hydrogens is 572 g/mol. The summed E-state index contributed by atoms with van der Waals surface area (Å²) in [5.41, 5.74) is 2.48. The number of allylic oxidation sites excluding steroid dienone is 2. The molecule has 3 unspecified atom stereocenters. The molecule has 2 aromatic carbocycles. The van der Waals surface area contributed by atoms with E-state index in [2.05, 4.69) is 25.1 Å². The van der Waals surface area contributed by atoms with E-state index in [-0.39, 0.29) is 34.5 Å². The quantitative estimate of drug-likeness (QED) is 0.212. The van der Waals surface area contributed by atoms with E-state index in [4.69, 9.17) is 16.3 Å². The predicted octanol–water partition coefficient (Wildman–Crippen LogP) is 6.49. The van der Waals surface area contributed by atoms with Gasteiger partial charge in [-0.2, -0.15) is 9.97 Å². The normalized spacial score (nSPS) is 22.0. The van der Waals surface area contributed by atoms with Crippen molar-refractivity contribution < 1.29 is 18.6 Å². The molecule has 0 saturated carbocycles. The molecule has 3 aliphatic heterocycles. The SMILES string of the molecule is C/C(=C\C(O)=C/c1ccccc1C)c1c(Cl)cc2c(N3CC4CCC(C3)N4)nc(OCC(F)CN3CCCC3)nc2c1F. The lowest BCUT2D eigenvalue weighted by atomic mass is 10.0. The van der Waals surface area contributed by atoms with Crippen LogP contribution in [0.25, 0.3) is 22.6 Å². The third kappa shape index (κ3) is 6.64. The van der Waals surface area contributed by atoms with Gasteiger partial charge in [0.2, 0.25) is 0 Å². The Bertz CT molecular complexity index is 1550. The second-order valence-electron chi connectivity index (χ2n) is 12.0. The highest BCUT2D eigenvalue weighted by molar-refractivity contribution is 6.33. The summed E-state index contributed by atoms with van der Waals surface area (Å²) in [6.45, 7) is 6.91. The molecule has 3 fully saturated rings. The van der Waals surface area contributed by atoms with Gasteiger partial charge in [-0.3, -0.25) is 0 Å². The largest absolute Gasteiger partial charge is 0.508 e. The number of nitrogens with zero attached hydrogens (tertiary/aromatic N) is 4. The average Bonchev–Trinajstić information content (AvgIpc) is 3.61. The fraction of sp³-hybridized carbons (Fsp3) is 0.455. The summed E-state index contributed by atoms with van der Waals surface area (Å²) >= 11 is 6.72. The topological polar surface area (TPSA) is 73.8 Å². The Labute approximate surface area is 256 Å². The van der Waals surface area contributed by atoms with Crippen LogP contribution in [0.15, 0.2) is 42.2 Å². The Morgan fingerprint density at radius 1 is 1.19 bits per heavy atom. The van der Waals surface area contributed by atoms with Crippen molar-refractivity contribution in [2.24, 2.45) is 0 Å². The predicted molar refractivity (Wildman–Crippen MR) is 168 cm³/mol. The number of aliphatic hydroxyl groups is 1. The Kier molecular flexibility index (Phi) is 8.84. The molecule has 1 aromatic heterocycles. The van der Waals surface area contributed by atoms with Gasteiger partial charge in [-0.05, 0) is 87.5 Å². The molecule has 3 atom stereocenters. The van der Waals surface area contributed by atoms with E-state index < -0.39 is 12.0 Å². The van der Waals surface area contributed by atoms with Gasteiger partial charge in [-0.1, -0.05) is 35.9 Å². The van der Waals surface area contributed by atoms with Crippen LogP contribution < -0.4 is 15.0 Å². The van der Waals surface area contributed by atoms with Gasteiger partial charge in [0.25, 0.3) is 0 Å². The van der Waals surface area contributed by atoms with Crippen LogP contribution in [0.3, 0.4) is 0 Å². The number of ether oxygens (including phenoxy) is 1. The van der Waals surface area contributed by atoms with Crippen molar-refractivity contribution in [3.8, 4) is 6.01 Å². The van der Waals surface area contributed by atoms with Crippen molar-refractivity contribution in [1.82, 2.24) is 20.2 Å². The number of benzene rings is 2. The van der Waals surface area contributed by atoms with Crippen LogP contribution in [0.2, 0.25) is 5.02 Å². The number of rotatable bonds is 9. The van der Waals surface area contributed by atoms with E-state index in [0.29, 0.717) is 48.5 Å². The minimum absolute atomic E-state index is 0.0296. The maximum Gasteiger partial charge on any atom is 0.319 e.